The van der Waals surface area contributed by atoms with Crippen LogP contribution in [0.25, 0.3) is 0 Å². The molecule has 0 saturated carbocycles. The second-order valence-corrected chi connectivity index (χ2v) is 4.32. The molecular formula is C10H15N5S. The smallest absolute Gasteiger partial charge is 0.191 e. The van der Waals surface area contributed by atoms with E-state index in [1.54, 1.807) is 6.07 Å². The molecule has 1 atom stereocenters. The highest BCUT2D eigenvalue weighted by atomic mass is 32.2. The highest BCUT2D eigenvalue weighted by Gasteiger charge is 2.09. The van der Waals surface area contributed by atoms with Gasteiger partial charge in [0.25, 0.3) is 0 Å². The lowest BCUT2D eigenvalue weighted by molar-refractivity contribution is 0.705. The van der Waals surface area contributed by atoms with Crippen LogP contribution < -0.4 is 10.6 Å². The van der Waals surface area contributed by atoms with Crippen LogP contribution in [-0.2, 0) is 0 Å². The minimum Gasteiger partial charge on any atom is -0.383 e. The summed E-state index contributed by atoms with van der Waals surface area (Å²) >= 11 is 1.45. The highest BCUT2D eigenvalue weighted by Crippen LogP contribution is 2.18. The zero-order valence-corrected chi connectivity index (χ0v) is 10.5. The number of nitrogens with zero attached hydrogens (tertiary/aromatic N) is 4. The van der Waals surface area contributed by atoms with E-state index >= 15 is 0 Å². The molecule has 16 heavy (non-hydrogen) atoms. The van der Waals surface area contributed by atoms with Crippen LogP contribution in [0.3, 0.4) is 0 Å². The zero-order valence-electron chi connectivity index (χ0n) is 9.64. The first-order valence-electron chi connectivity index (χ1n) is 4.86. The van der Waals surface area contributed by atoms with E-state index in [4.69, 9.17) is 11.0 Å². The number of anilines is 2. The first-order chi connectivity index (χ1) is 7.56. The zero-order chi connectivity index (χ0) is 12.1. The third kappa shape index (κ3) is 3.28. The van der Waals surface area contributed by atoms with Crippen LogP contribution in [0.15, 0.2) is 11.2 Å². The largest absolute Gasteiger partial charge is 0.383 e. The van der Waals surface area contributed by atoms with Crippen LogP contribution in [0.4, 0.5) is 11.6 Å². The van der Waals surface area contributed by atoms with E-state index in [1.165, 1.54) is 11.8 Å². The first-order valence-corrected chi connectivity index (χ1v) is 6.08. The van der Waals surface area contributed by atoms with Gasteiger partial charge >= 0.3 is 0 Å². The minimum absolute atomic E-state index is 0.0427. The van der Waals surface area contributed by atoms with E-state index in [-0.39, 0.29) is 5.92 Å². The lowest BCUT2D eigenvalue weighted by Crippen LogP contribution is -2.24. The van der Waals surface area contributed by atoms with Crippen molar-refractivity contribution in [1.82, 2.24) is 9.97 Å². The number of thioether (sulfide) groups is 1. The minimum atomic E-state index is -0.0427. The molecule has 0 radical (unpaired) electrons. The maximum Gasteiger partial charge on any atom is 0.191 e. The first kappa shape index (κ1) is 12.6. The number of nitrogens with two attached hydrogens (primary N) is 1. The Morgan fingerprint density at radius 2 is 2.31 bits per heavy atom. The number of nitrogen functional groups attached to an aromatic ring is 1. The van der Waals surface area contributed by atoms with Crippen LogP contribution in [0.1, 0.15) is 6.92 Å². The van der Waals surface area contributed by atoms with Crippen LogP contribution in [0.5, 0.6) is 0 Å². The monoisotopic (exact) mass is 237 g/mol. The summed E-state index contributed by atoms with van der Waals surface area (Å²) in [4.78, 5) is 10.3. The Balaban J connectivity index is 2.87. The number of aromatic nitrogens is 2. The molecule has 6 heteroatoms. The molecule has 0 saturated heterocycles. The Kier molecular flexibility index (Phi) is 4.38. The van der Waals surface area contributed by atoms with E-state index < -0.39 is 0 Å². The topological polar surface area (TPSA) is 78.8 Å². The molecular weight excluding hydrogens is 222 g/mol. The molecule has 0 amide bonds. The Labute approximate surface area is 99.7 Å². The standard InChI is InChI=1S/C10H15N5S/c1-7(5-11)6-15(2)9-4-8(12)13-10(14-9)16-3/h4,7H,6H2,1-3H3,(H2,12,13,14). The van der Waals surface area contributed by atoms with E-state index in [9.17, 15) is 0 Å². The van der Waals surface area contributed by atoms with Gasteiger partial charge in [-0.05, 0) is 13.2 Å². The van der Waals surface area contributed by atoms with Crippen molar-refractivity contribution in [3.8, 4) is 6.07 Å². The molecule has 0 fully saturated rings. The molecule has 0 aliphatic carbocycles. The average Bonchev–Trinajstić information content (AvgIpc) is 2.27. The van der Waals surface area contributed by atoms with Gasteiger partial charge in [0.05, 0.1) is 12.0 Å². The maximum absolute atomic E-state index is 8.75. The van der Waals surface area contributed by atoms with Gasteiger partial charge in [-0.2, -0.15) is 5.26 Å². The Bertz CT molecular complexity index is 401. The predicted molar refractivity (Wildman–Crippen MR) is 66.3 cm³/mol. The van der Waals surface area contributed by atoms with E-state index in [0.29, 0.717) is 17.5 Å². The fraction of sp³-hybridized carbons (Fsp3) is 0.500. The molecule has 0 spiro atoms. The van der Waals surface area contributed by atoms with Gasteiger partial charge in [0.15, 0.2) is 5.16 Å². The maximum atomic E-state index is 8.75. The molecule has 5 nitrogen and oxygen atoms in total. The predicted octanol–water partition coefficient (Wildman–Crippen LogP) is 1.38. The second-order valence-electron chi connectivity index (χ2n) is 3.55. The van der Waals surface area contributed by atoms with Crippen molar-refractivity contribution in [2.24, 2.45) is 5.92 Å². The van der Waals surface area contributed by atoms with E-state index in [0.717, 1.165) is 5.82 Å². The number of nitriles is 1. The van der Waals surface area contributed by atoms with Crippen LogP contribution in [0, 0.1) is 17.2 Å². The number of hydrogen-bond acceptors (Lipinski definition) is 6. The molecule has 1 aromatic rings. The molecule has 0 bridgehead atoms. The van der Waals surface area contributed by atoms with Crippen LogP contribution in [-0.4, -0.2) is 29.8 Å². The van der Waals surface area contributed by atoms with Crippen molar-refractivity contribution >= 4 is 23.4 Å². The van der Waals surface area contributed by atoms with Gasteiger partial charge in [-0.25, -0.2) is 9.97 Å². The van der Waals surface area contributed by atoms with Crippen molar-refractivity contribution in [3.63, 3.8) is 0 Å². The molecule has 2 N–H and O–H groups in total. The molecule has 1 unspecified atom stereocenters. The van der Waals surface area contributed by atoms with Crippen LogP contribution >= 0.6 is 11.8 Å². The summed E-state index contributed by atoms with van der Waals surface area (Å²) in [6.45, 7) is 2.50. The number of rotatable bonds is 4. The third-order valence-corrected chi connectivity index (χ3v) is 2.60. The molecule has 1 aromatic heterocycles. The molecule has 86 valence electrons. The third-order valence-electron chi connectivity index (χ3n) is 2.05. The van der Waals surface area contributed by atoms with Crippen molar-refractivity contribution in [2.45, 2.75) is 12.1 Å². The summed E-state index contributed by atoms with van der Waals surface area (Å²) in [7, 11) is 1.89. The van der Waals surface area contributed by atoms with Crippen LogP contribution in [0.2, 0.25) is 0 Å². The van der Waals surface area contributed by atoms with Gasteiger partial charge < -0.3 is 10.6 Å². The molecule has 1 heterocycles. The average molecular weight is 237 g/mol. The summed E-state index contributed by atoms with van der Waals surface area (Å²) in [5.41, 5.74) is 5.68. The van der Waals surface area contributed by atoms with Gasteiger partial charge in [-0.1, -0.05) is 11.8 Å². The Morgan fingerprint density at radius 3 is 2.88 bits per heavy atom. The second kappa shape index (κ2) is 5.56. The normalized spacial score (nSPS) is 11.9. The highest BCUT2D eigenvalue weighted by molar-refractivity contribution is 7.98. The fourth-order valence-corrected chi connectivity index (χ4v) is 1.64. The van der Waals surface area contributed by atoms with Crippen molar-refractivity contribution in [1.29, 1.82) is 5.26 Å². The van der Waals surface area contributed by atoms with Crippen molar-refractivity contribution in [2.75, 3.05) is 30.5 Å². The van der Waals surface area contributed by atoms with Crippen molar-refractivity contribution < 1.29 is 0 Å². The summed E-state index contributed by atoms with van der Waals surface area (Å²) < 4.78 is 0. The van der Waals surface area contributed by atoms with E-state index in [1.807, 2.05) is 25.1 Å². The van der Waals surface area contributed by atoms with E-state index in [2.05, 4.69) is 16.0 Å². The van der Waals surface area contributed by atoms with Gasteiger partial charge in [0, 0.05) is 19.7 Å². The van der Waals surface area contributed by atoms with Gasteiger partial charge in [-0.3, -0.25) is 0 Å². The lowest BCUT2D eigenvalue weighted by atomic mass is 10.2. The molecule has 0 aliphatic rings. The van der Waals surface area contributed by atoms with Gasteiger partial charge in [0.2, 0.25) is 0 Å². The summed E-state index contributed by atoms with van der Waals surface area (Å²) in [5.74, 6) is 1.16. The summed E-state index contributed by atoms with van der Waals surface area (Å²) in [5, 5.41) is 9.39. The summed E-state index contributed by atoms with van der Waals surface area (Å²) in [6.07, 6.45) is 1.90. The Hall–Kier alpha value is -1.48. The van der Waals surface area contributed by atoms with Gasteiger partial charge in [-0.15, -0.1) is 0 Å². The fourth-order valence-electron chi connectivity index (χ4n) is 1.26. The SMILES string of the molecule is CSc1nc(N)cc(N(C)CC(C)C#N)n1. The lowest BCUT2D eigenvalue weighted by Gasteiger charge is -2.19. The number of hydrogen-bond donors (Lipinski definition) is 1. The van der Waals surface area contributed by atoms with Gasteiger partial charge in [0.1, 0.15) is 11.6 Å². The molecule has 0 aliphatic heterocycles. The quantitative estimate of drug-likeness (QED) is 0.629. The summed E-state index contributed by atoms with van der Waals surface area (Å²) in [6, 6.07) is 3.90. The molecule has 0 aromatic carbocycles. The molecule has 1 rings (SSSR count). The Morgan fingerprint density at radius 1 is 1.62 bits per heavy atom. The van der Waals surface area contributed by atoms with Crippen molar-refractivity contribution in [3.05, 3.63) is 6.07 Å².